The molecule has 0 saturated carbocycles. The second kappa shape index (κ2) is 11.7. The summed E-state index contributed by atoms with van der Waals surface area (Å²) >= 11 is 0. The third-order valence-electron chi connectivity index (χ3n) is 6.64. The number of amides is 1. The summed E-state index contributed by atoms with van der Waals surface area (Å²) in [7, 11) is 5.31. The van der Waals surface area contributed by atoms with Crippen LogP contribution in [0.25, 0.3) is 0 Å². The highest BCUT2D eigenvalue weighted by atomic mass is 16.5. The van der Waals surface area contributed by atoms with E-state index in [0.29, 0.717) is 36.0 Å². The summed E-state index contributed by atoms with van der Waals surface area (Å²) in [5.74, 6) is 1.41. The van der Waals surface area contributed by atoms with E-state index in [0.717, 1.165) is 65.1 Å². The van der Waals surface area contributed by atoms with Crippen molar-refractivity contribution in [1.29, 1.82) is 0 Å². The van der Waals surface area contributed by atoms with E-state index in [1.807, 2.05) is 0 Å². The van der Waals surface area contributed by atoms with Crippen LogP contribution in [0.1, 0.15) is 43.0 Å². The average molecular weight is 450 g/mol. The first kappa shape index (κ1) is 24.6. The molecule has 0 aliphatic carbocycles. The molecule has 3 rings (SSSR count). The second-order valence-corrected chi connectivity index (χ2v) is 8.72. The average Bonchev–Trinajstić information content (AvgIpc) is 2.83. The Balaban J connectivity index is 1.73. The molecule has 1 N–H and O–H groups in total. The van der Waals surface area contributed by atoms with Gasteiger partial charge in [0.15, 0.2) is 11.5 Å². The minimum atomic E-state index is -0.137. The van der Waals surface area contributed by atoms with Crippen LogP contribution in [0.4, 0.5) is 0 Å². The summed E-state index contributed by atoms with van der Waals surface area (Å²) in [5, 5.41) is 3.19. The highest BCUT2D eigenvalue weighted by Crippen LogP contribution is 2.39. The van der Waals surface area contributed by atoms with E-state index in [9.17, 15) is 4.79 Å². The van der Waals surface area contributed by atoms with E-state index in [4.69, 9.17) is 18.9 Å². The molecule has 0 aromatic heterocycles. The van der Waals surface area contributed by atoms with Crippen LogP contribution in [0.15, 0.2) is 12.1 Å². The number of hydrogen-bond acceptors (Lipinski definition) is 7. The van der Waals surface area contributed by atoms with Crippen LogP contribution in [0, 0.1) is 0 Å². The van der Waals surface area contributed by atoms with Crippen molar-refractivity contribution >= 4 is 5.91 Å². The van der Waals surface area contributed by atoms with Gasteiger partial charge in [-0.05, 0) is 38.4 Å². The molecule has 2 fully saturated rings. The number of methoxy groups -OCH3 is 2. The minimum absolute atomic E-state index is 0.0629. The molecule has 0 atom stereocenters. The number of carbonyl (C=O) groups excluding carboxylic acids is 1. The summed E-state index contributed by atoms with van der Waals surface area (Å²) in [5.41, 5.74) is 0.439. The molecule has 1 aromatic rings. The zero-order valence-electron chi connectivity index (χ0n) is 20.1. The molecular weight excluding hydrogens is 410 g/mol. The number of rotatable bonds is 10. The van der Waals surface area contributed by atoms with E-state index in [1.165, 1.54) is 0 Å². The van der Waals surface area contributed by atoms with Gasteiger partial charge in [0.25, 0.3) is 5.91 Å². The third kappa shape index (κ3) is 5.85. The van der Waals surface area contributed by atoms with Gasteiger partial charge in [-0.1, -0.05) is 13.3 Å². The van der Waals surface area contributed by atoms with E-state index in [-0.39, 0.29) is 11.4 Å². The number of piperazine rings is 1. The SMILES string of the molecule is CCCCOc1c(OC)cc(C(=O)NCC2(N3CCN(C)CC3)CCOCC2)cc1OC. The van der Waals surface area contributed by atoms with Gasteiger partial charge in [0.1, 0.15) is 0 Å². The van der Waals surface area contributed by atoms with Crippen molar-refractivity contribution < 1.29 is 23.7 Å². The van der Waals surface area contributed by atoms with Gasteiger partial charge < -0.3 is 29.2 Å². The maximum atomic E-state index is 13.2. The molecule has 8 heteroatoms. The molecule has 2 aliphatic heterocycles. The first-order chi connectivity index (χ1) is 15.5. The Kier molecular flexibility index (Phi) is 9.02. The fourth-order valence-electron chi connectivity index (χ4n) is 4.46. The lowest BCUT2D eigenvalue weighted by molar-refractivity contribution is -0.0430. The number of nitrogens with one attached hydrogen (secondary N) is 1. The number of likely N-dealkylation sites (N-methyl/N-ethyl adjacent to an activating group) is 1. The molecule has 8 nitrogen and oxygen atoms in total. The molecule has 2 heterocycles. The van der Waals surface area contributed by atoms with Gasteiger partial charge in [0.2, 0.25) is 5.75 Å². The fourth-order valence-corrected chi connectivity index (χ4v) is 4.46. The van der Waals surface area contributed by atoms with Gasteiger partial charge in [-0.2, -0.15) is 0 Å². The highest BCUT2D eigenvalue weighted by molar-refractivity contribution is 5.95. The number of unbranched alkanes of at least 4 members (excludes halogenated alkanes) is 1. The number of carbonyl (C=O) groups is 1. The molecule has 1 amide bonds. The van der Waals surface area contributed by atoms with Crippen LogP contribution in [0.3, 0.4) is 0 Å². The molecule has 0 bridgehead atoms. The Morgan fingerprint density at radius 2 is 1.72 bits per heavy atom. The Hall–Kier alpha value is -2.03. The molecule has 2 aliphatic rings. The lowest BCUT2D eigenvalue weighted by atomic mass is 9.87. The molecule has 180 valence electrons. The maximum absolute atomic E-state index is 13.2. The molecular formula is C24H39N3O5. The number of benzene rings is 1. The first-order valence-corrected chi connectivity index (χ1v) is 11.7. The Labute approximate surface area is 192 Å². The van der Waals surface area contributed by atoms with Crippen molar-refractivity contribution in [2.45, 2.75) is 38.1 Å². The zero-order chi connectivity index (χ0) is 23.0. The standard InChI is InChI=1S/C24H39N3O5/c1-5-6-13-32-22-20(29-3)16-19(17-21(22)30-4)23(28)25-18-24(7-14-31-15-8-24)27-11-9-26(2)10-12-27/h16-17H,5-15,18H2,1-4H3,(H,25,28). The zero-order valence-corrected chi connectivity index (χ0v) is 20.1. The predicted octanol–water partition coefficient (Wildman–Crippen LogP) is 2.41. The van der Waals surface area contributed by atoms with Crippen molar-refractivity contribution in [1.82, 2.24) is 15.1 Å². The van der Waals surface area contributed by atoms with E-state index < -0.39 is 0 Å². The minimum Gasteiger partial charge on any atom is -0.493 e. The smallest absolute Gasteiger partial charge is 0.251 e. The van der Waals surface area contributed by atoms with Crippen molar-refractivity contribution in [3.8, 4) is 17.2 Å². The van der Waals surface area contributed by atoms with Crippen LogP contribution in [0.5, 0.6) is 17.2 Å². The second-order valence-electron chi connectivity index (χ2n) is 8.72. The van der Waals surface area contributed by atoms with E-state index >= 15 is 0 Å². The van der Waals surface area contributed by atoms with Crippen molar-refractivity contribution in [2.75, 3.05) is 73.8 Å². The van der Waals surface area contributed by atoms with Gasteiger partial charge in [-0.15, -0.1) is 0 Å². The molecule has 0 spiro atoms. The summed E-state index contributed by atoms with van der Waals surface area (Å²) in [6.07, 6.45) is 3.82. The summed E-state index contributed by atoms with van der Waals surface area (Å²) < 4.78 is 22.6. The Bertz CT molecular complexity index is 718. The summed E-state index contributed by atoms with van der Waals surface area (Å²) in [6.45, 7) is 8.85. The monoisotopic (exact) mass is 449 g/mol. The largest absolute Gasteiger partial charge is 0.493 e. The van der Waals surface area contributed by atoms with Crippen LogP contribution in [0.2, 0.25) is 0 Å². The molecule has 1 aromatic carbocycles. The van der Waals surface area contributed by atoms with Crippen LogP contribution >= 0.6 is 0 Å². The van der Waals surface area contributed by atoms with Crippen LogP contribution < -0.4 is 19.5 Å². The van der Waals surface area contributed by atoms with E-state index in [1.54, 1.807) is 26.4 Å². The summed E-state index contributed by atoms with van der Waals surface area (Å²) in [4.78, 5) is 18.0. The quantitative estimate of drug-likeness (QED) is 0.550. The molecule has 0 unspecified atom stereocenters. The number of nitrogens with zero attached hydrogens (tertiary/aromatic N) is 2. The fraction of sp³-hybridized carbons (Fsp3) is 0.708. The van der Waals surface area contributed by atoms with Gasteiger partial charge in [0, 0.05) is 57.0 Å². The molecule has 32 heavy (non-hydrogen) atoms. The topological polar surface area (TPSA) is 72.5 Å². The predicted molar refractivity (Wildman–Crippen MR) is 124 cm³/mol. The third-order valence-corrected chi connectivity index (χ3v) is 6.64. The van der Waals surface area contributed by atoms with Crippen molar-refractivity contribution in [2.24, 2.45) is 0 Å². The van der Waals surface area contributed by atoms with E-state index in [2.05, 4.69) is 29.1 Å². The van der Waals surface area contributed by atoms with Gasteiger partial charge in [-0.3, -0.25) is 9.69 Å². The van der Waals surface area contributed by atoms with Gasteiger partial charge >= 0.3 is 0 Å². The van der Waals surface area contributed by atoms with Crippen LogP contribution in [-0.2, 0) is 4.74 Å². The normalized spacial score (nSPS) is 19.4. The highest BCUT2D eigenvalue weighted by Gasteiger charge is 2.39. The number of hydrogen-bond donors (Lipinski definition) is 1. The molecule has 0 radical (unpaired) electrons. The van der Waals surface area contributed by atoms with Gasteiger partial charge in [-0.25, -0.2) is 0 Å². The summed E-state index contributed by atoms with van der Waals surface area (Å²) in [6, 6.07) is 3.46. The number of ether oxygens (including phenoxy) is 4. The van der Waals surface area contributed by atoms with Crippen LogP contribution in [-0.4, -0.2) is 95.1 Å². The lowest BCUT2D eigenvalue weighted by Crippen LogP contribution is -2.62. The van der Waals surface area contributed by atoms with Crippen molar-refractivity contribution in [3.63, 3.8) is 0 Å². The lowest BCUT2D eigenvalue weighted by Gasteiger charge is -2.49. The maximum Gasteiger partial charge on any atom is 0.251 e. The molecule has 2 saturated heterocycles. The van der Waals surface area contributed by atoms with Crippen molar-refractivity contribution in [3.05, 3.63) is 17.7 Å². The Morgan fingerprint density at radius 3 is 2.28 bits per heavy atom. The first-order valence-electron chi connectivity index (χ1n) is 11.7. The van der Waals surface area contributed by atoms with Gasteiger partial charge in [0.05, 0.1) is 20.8 Å². The Morgan fingerprint density at radius 1 is 1.09 bits per heavy atom.